The van der Waals surface area contributed by atoms with E-state index in [0.29, 0.717) is 20.5 Å². The molecule has 0 saturated heterocycles. The second-order valence-corrected chi connectivity index (χ2v) is 9.75. The second-order valence-electron chi connectivity index (χ2n) is 9.35. The van der Waals surface area contributed by atoms with Crippen LogP contribution in [0.2, 0.25) is 5.02 Å². The van der Waals surface area contributed by atoms with E-state index in [2.05, 4.69) is 10.2 Å². The number of nitrogens with zero attached hydrogens (tertiary/aromatic N) is 5. The first-order valence-electron chi connectivity index (χ1n) is 12.4. The predicted molar refractivity (Wildman–Crippen MR) is 142 cm³/mol. The SMILES string of the molecule is NC(=O)c1ccc(-c2cnn([C@@H](Cc3ccn(C(F)F)n3)c3ccc(-c4c(C(F)F)ccc(Cl)c4F)c[n+]3[O-])c2)cc1F. The molecule has 15 heteroatoms. The Balaban J connectivity index is 1.58. The summed E-state index contributed by atoms with van der Waals surface area (Å²) in [6.07, 6.45) is 1.55. The summed E-state index contributed by atoms with van der Waals surface area (Å²) in [5.74, 6) is -2.95. The van der Waals surface area contributed by atoms with Gasteiger partial charge in [0.1, 0.15) is 17.7 Å². The molecule has 0 unspecified atom stereocenters. The zero-order valence-electron chi connectivity index (χ0n) is 21.6. The van der Waals surface area contributed by atoms with Crippen LogP contribution in [0.1, 0.15) is 46.3 Å². The number of hydrogen-bond donors (Lipinski definition) is 1. The summed E-state index contributed by atoms with van der Waals surface area (Å²) in [5, 5.41) is 21.0. The lowest BCUT2D eigenvalue weighted by Gasteiger charge is -2.18. The number of primary amides is 1. The highest BCUT2D eigenvalue weighted by molar-refractivity contribution is 6.31. The number of halogens is 7. The Labute approximate surface area is 244 Å². The monoisotopic (exact) mass is 620 g/mol. The number of hydrogen-bond acceptors (Lipinski definition) is 4. The average molecular weight is 621 g/mol. The topological polar surface area (TPSA) is 106 Å². The summed E-state index contributed by atoms with van der Waals surface area (Å²) < 4.78 is 85.0. The predicted octanol–water partition coefficient (Wildman–Crippen LogP) is 6.24. The number of rotatable bonds is 9. The molecule has 2 aromatic carbocycles. The number of nitrogens with two attached hydrogens (primary N) is 1. The van der Waals surface area contributed by atoms with Gasteiger partial charge in [-0.05, 0) is 35.9 Å². The third-order valence-electron chi connectivity index (χ3n) is 6.69. The molecule has 0 aliphatic carbocycles. The summed E-state index contributed by atoms with van der Waals surface area (Å²) in [6, 6.07) is 8.48. The van der Waals surface area contributed by atoms with E-state index in [-0.39, 0.29) is 28.9 Å². The van der Waals surface area contributed by atoms with Gasteiger partial charge in [-0.1, -0.05) is 23.7 Å². The molecule has 8 nitrogen and oxygen atoms in total. The van der Waals surface area contributed by atoms with E-state index >= 15 is 0 Å². The van der Waals surface area contributed by atoms with Crippen molar-refractivity contribution >= 4 is 17.5 Å². The molecule has 0 aliphatic heterocycles. The lowest BCUT2D eigenvalue weighted by atomic mass is 9.99. The van der Waals surface area contributed by atoms with Crippen molar-refractivity contribution in [1.29, 1.82) is 0 Å². The molecule has 0 bridgehead atoms. The third kappa shape index (κ3) is 5.91. The maximum atomic E-state index is 14.9. The van der Waals surface area contributed by atoms with Crippen molar-refractivity contribution in [2.45, 2.75) is 25.4 Å². The molecular formula is C28H19ClF6N6O2. The second kappa shape index (κ2) is 11.8. The molecule has 0 radical (unpaired) electrons. The Morgan fingerprint density at radius 1 is 1.00 bits per heavy atom. The van der Waals surface area contributed by atoms with Crippen LogP contribution in [-0.4, -0.2) is 25.5 Å². The van der Waals surface area contributed by atoms with E-state index in [4.69, 9.17) is 17.3 Å². The van der Waals surface area contributed by atoms with Crippen molar-refractivity contribution in [2.24, 2.45) is 5.73 Å². The fraction of sp³-hybridized carbons (Fsp3) is 0.143. The lowest BCUT2D eigenvalue weighted by Crippen LogP contribution is -2.36. The molecule has 2 N–H and O–H groups in total. The van der Waals surface area contributed by atoms with Gasteiger partial charge < -0.3 is 10.9 Å². The van der Waals surface area contributed by atoms with Crippen LogP contribution in [-0.2, 0) is 6.42 Å². The summed E-state index contributed by atoms with van der Waals surface area (Å²) >= 11 is 5.82. The van der Waals surface area contributed by atoms with Gasteiger partial charge in [0.15, 0.2) is 6.20 Å². The van der Waals surface area contributed by atoms with Crippen molar-refractivity contribution in [3.63, 3.8) is 0 Å². The molecule has 222 valence electrons. The third-order valence-corrected chi connectivity index (χ3v) is 6.98. The fourth-order valence-electron chi connectivity index (χ4n) is 4.62. The number of benzene rings is 2. The molecule has 1 amide bonds. The Bertz CT molecular complexity index is 1830. The summed E-state index contributed by atoms with van der Waals surface area (Å²) in [5.41, 5.74) is 4.26. The molecule has 0 saturated carbocycles. The largest absolute Gasteiger partial charge is 0.618 e. The molecule has 3 aromatic heterocycles. The van der Waals surface area contributed by atoms with Gasteiger partial charge in [0.05, 0.1) is 28.0 Å². The highest BCUT2D eigenvalue weighted by Gasteiger charge is 2.28. The van der Waals surface area contributed by atoms with Crippen LogP contribution >= 0.6 is 11.6 Å². The van der Waals surface area contributed by atoms with Crippen molar-refractivity contribution in [3.05, 3.63) is 118 Å². The number of amides is 1. The van der Waals surface area contributed by atoms with Crippen LogP contribution in [0.15, 0.2) is 73.3 Å². The molecule has 0 aliphatic rings. The van der Waals surface area contributed by atoms with E-state index in [9.17, 15) is 36.3 Å². The Hall–Kier alpha value is -4.85. The van der Waals surface area contributed by atoms with E-state index in [0.717, 1.165) is 30.6 Å². The minimum absolute atomic E-state index is 0.0266. The van der Waals surface area contributed by atoms with Crippen LogP contribution in [0.5, 0.6) is 0 Å². The number of alkyl halides is 4. The molecule has 0 spiro atoms. The molecule has 3 heterocycles. The van der Waals surface area contributed by atoms with Crippen molar-refractivity contribution in [3.8, 4) is 22.3 Å². The molecule has 5 aromatic rings. The quantitative estimate of drug-likeness (QED) is 0.120. The average Bonchev–Trinajstić information content (AvgIpc) is 3.63. The molecule has 0 fully saturated rings. The summed E-state index contributed by atoms with van der Waals surface area (Å²) in [7, 11) is 0. The first-order valence-corrected chi connectivity index (χ1v) is 12.8. The zero-order valence-corrected chi connectivity index (χ0v) is 22.4. The van der Waals surface area contributed by atoms with Crippen LogP contribution in [0.4, 0.5) is 26.3 Å². The van der Waals surface area contributed by atoms with Crippen LogP contribution in [0, 0.1) is 16.8 Å². The normalized spacial score (nSPS) is 12.3. The minimum Gasteiger partial charge on any atom is -0.618 e. The van der Waals surface area contributed by atoms with Crippen LogP contribution in [0.3, 0.4) is 0 Å². The van der Waals surface area contributed by atoms with E-state index < -0.39 is 52.7 Å². The van der Waals surface area contributed by atoms with Crippen molar-refractivity contribution in [2.75, 3.05) is 0 Å². The highest BCUT2D eigenvalue weighted by Crippen LogP contribution is 2.36. The number of carbonyl (C=O) groups excluding carboxylic acids is 1. The number of aromatic nitrogens is 5. The lowest BCUT2D eigenvalue weighted by molar-refractivity contribution is -0.615. The maximum Gasteiger partial charge on any atom is 0.333 e. The standard InChI is InChI=1S/C28H19ClF6N6O2/c29-20-5-4-19(26(32)33)24(25(20)31)15-2-6-22(41(43)13-15)23(10-17-7-8-39(38-17)28(34)35)40-12-16(11-37-40)14-1-3-18(27(36)42)21(30)9-14/h1-9,11-13,23,26,28H,10H2,(H2,36,42)/t23-/m0/s1. The van der Waals surface area contributed by atoms with Gasteiger partial charge in [0.25, 0.3) is 12.3 Å². The van der Waals surface area contributed by atoms with Gasteiger partial charge in [0, 0.05) is 41.6 Å². The molecule has 1 atom stereocenters. The molecule has 5 rings (SSSR count). The van der Waals surface area contributed by atoms with Gasteiger partial charge >= 0.3 is 6.55 Å². The summed E-state index contributed by atoms with van der Waals surface area (Å²) in [6.45, 7) is -2.91. The highest BCUT2D eigenvalue weighted by atomic mass is 35.5. The van der Waals surface area contributed by atoms with Crippen molar-refractivity contribution < 1.29 is 35.9 Å². The smallest absolute Gasteiger partial charge is 0.333 e. The Morgan fingerprint density at radius 3 is 2.37 bits per heavy atom. The van der Waals surface area contributed by atoms with Crippen LogP contribution < -0.4 is 10.5 Å². The first kappa shape index (κ1) is 29.6. The fourth-order valence-corrected chi connectivity index (χ4v) is 4.78. The van der Waals surface area contributed by atoms with E-state index in [1.165, 1.54) is 47.4 Å². The van der Waals surface area contributed by atoms with Gasteiger partial charge in [0.2, 0.25) is 5.69 Å². The maximum absolute atomic E-state index is 14.9. The minimum atomic E-state index is -3.07. The summed E-state index contributed by atoms with van der Waals surface area (Å²) in [4.78, 5) is 11.4. The Kier molecular flexibility index (Phi) is 8.13. The first-order chi connectivity index (χ1) is 20.4. The number of carbonyl (C=O) groups is 1. The van der Waals surface area contributed by atoms with Crippen LogP contribution in [0.25, 0.3) is 22.3 Å². The molecule has 43 heavy (non-hydrogen) atoms. The van der Waals surface area contributed by atoms with Gasteiger partial charge in [-0.2, -0.15) is 23.7 Å². The van der Waals surface area contributed by atoms with E-state index in [1.54, 1.807) is 0 Å². The Morgan fingerprint density at radius 2 is 1.74 bits per heavy atom. The zero-order chi connectivity index (χ0) is 31.0. The van der Waals surface area contributed by atoms with Gasteiger partial charge in [-0.25, -0.2) is 22.2 Å². The van der Waals surface area contributed by atoms with E-state index in [1.807, 2.05) is 0 Å². The number of pyridine rings is 1. The van der Waals surface area contributed by atoms with Crippen molar-refractivity contribution in [1.82, 2.24) is 19.6 Å². The van der Waals surface area contributed by atoms with Gasteiger partial charge in [-0.15, -0.1) is 0 Å². The van der Waals surface area contributed by atoms with Gasteiger partial charge in [-0.3, -0.25) is 9.48 Å². The molecular weight excluding hydrogens is 602 g/mol.